The lowest BCUT2D eigenvalue weighted by Gasteiger charge is -2.08. The van der Waals surface area contributed by atoms with Gasteiger partial charge in [0.1, 0.15) is 0 Å². The van der Waals surface area contributed by atoms with Crippen molar-refractivity contribution < 1.29 is 9.59 Å². The number of aromatic nitrogens is 1. The monoisotopic (exact) mass is 307 g/mol. The van der Waals surface area contributed by atoms with E-state index in [0.29, 0.717) is 22.2 Å². The highest BCUT2D eigenvalue weighted by Crippen LogP contribution is 2.17. The number of amides is 2. The first-order chi connectivity index (χ1) is 11.0. The summed E-state index contributed by atoms with van der Waals surface area (Å²) in [5.41, 5.74) is 6.55. The van der Waals surface area contributed by atoms with Crippen LogP contribution in [0.25, 0.3) is 10.9 Å². The first kappa shape index (κ1) is 14.5. The molecular weight excluding hydrogens is 294 g/mol. The van der Waals surface area contributed by atoms with Crippen LogP contribution >= 0.6 is 0 Å². The Morgan fingerprint density at radius 1 is 1.00 bits per heavy atom. The predicted octanol–water partition coefficient (Wildman–Crippen LogP) is 1.88. The van der Waals surface area contributed by atoms with E-state index in [1.165, 1.54) is 18.2 Å². The molecule has 3 rings (SSSR count). The van der Waals surface area contributed by atoms with E-state index in [4.69, 9.17) is 5.73 Å². The van der Waals surface area contributed by atoms with E-state index in [1.807, 2.05) is 0 Å². The van der Waals surface area contributed by atoms with E-state index in [1.54, 1.807) is 36.4 Å². The summed E-state index contributed by atoms with van der Waals surface area (Å²) < 4.78 is 0. The molecule has 0 radical (unpaired) electrons. The highest BCUT2D eigenvalue weighted by atomic mass is 16.2. The Labute approximate surface area is 130 Å². The molecule has 1 heterocycles. The first-order valence-electron chi connectivity index (χ1n) is 6.88. The van der Waals surface area contributed by atoms with Crippen LogP contribution < -0.4 is 16.6 Å². The van der Waals surface area contributed by atoms with Crippen LogP contribution in [-0.4, -0.2) is 16.8 Å². The third-order valence-electron chi connectivity index (χ3n) is 3.42. The van der Waals surface area contributed by atoms with Gasteiger partial charge in [0.05, 0.1) is 5.56 Å². The fraction of sp³-hybridized carbons (Fsp3) is 0. The molecule has 0 aliphatic carbocycles. The number of aromatic amines is 1. The molecule has 1 aromatic heterocycles. The van der Waals surface area contributed by atoms with Crippen LogP contribution in [0.1, 0.15) is 20.7 Å². The zero-order valence-electron chi connectivity index (χ0n) is 12.0. The molecule has 0 bridgehead atoms. The van der Waals surface area contributed by atoms with E-state index < -0.39 is 11.8 Å². The van der Waals surface area contributed by atoms with Gasteiger partial charge in [0.15, 0.2) is 0 Å². The molecule has 6 nitrogen and oxygen atoms in total. The van der Waals surface area contributed by atoms with Gasteiger partial charge in [-0.1, -0.05) is 18.2 Å². The van der Waals surface area contributed by atoms with E-state index in [0.717, 1.165) is 0 Å². The molecule has 0 saturated carbocycles. The van der Waals surface area contributed by atoms with E-state index in [2.05, 4.69) is 10.3 Å². The fourth-order valence-corrected chi connectivity index (χ4v) is 2.31. The largest absolute Gasteiger partial charge is 0.366 e. The van der Waals surface area contributed by atoms with Crippen LogP contribution in [-0.2, 0) is 0 Å². The number of pyridine rings is 1. The van der Waals surface area contributed by atoms with Crippen LogP contribution in [0.3, 0.4) is 0 Å². The van der Waals surface area contributed by atoms with Gasteiger partial charge in [-0.25, -0.2) is 0 Å². The van der Waals surface area contributed by atoms with Crippen LogP contribution in [0.5, 0.6) is 0 Å². The number of fused-ring (bicyclic) bond motifs is 1. The minimum Gasteiger partial charge on any atom is -0.366 e. The van der Waals surface area contributed by atoms with Gasteiger partial charge in [0, 0.05) is 28.2 Å². The minimum atomic E-state index is -0.538. The molecule has 0 aliphatic rings. The Kier molecular flexibility index (Phi) is 3.64. The molecule has 0 aliphatic heterocycles. The summed E-state index contributed by atoms with van der Waals surface area (Å²) in [5, 5.41) is 3.35. The molecule has 3 aromatic rings. The number of hydrogen-bond donors (Lipinski definition) is 3. The van der Waals surface area contributed by atoms with Crippen molar-refractivity contribution in [2.24, 2.45) is 5.73 Å². The maximum atomic E-state index is 12.4. The average Bonchev–Trinajstić information content (AvgIpc) is 2.54. The SMILES string of the molecule is NC(=O)c1ccc(NC(=O)c2cc(=O)[nH]c3ccccc23)cc1. The van der Waals surface area contributed by atoms with Crippen LogP contribution in [0.4, 0.5) is 5.69 Å². The lowest BCUT2D eigenvalue weighted by atomic mass is 10.1. The second kappa shape index (κ2) is 5.76. The summed E-state index contributed by atoms with van der Waals surface area (Å²) >= 11 is 0. The van der Waals surface area contributed by atoms with Crippen LogP contribution in [0, 0.1) is 0 Å². The van der Waals surface area contributed by atoms with E-state index in [-0.39, 0.29) is 11.1 Å². The summed E-state index contributed by atoms with van der Waals surface area (Å²) in [4.78, 5) is 37.9. The number of H-pyrrole nitrogens is 1. The minimum absolute atomic E-state index is 0.281. The molecule has 6 heteroatoms. The number of para-hydroxylation sites is 1. The number of nitrogens with two attached hydrogens (primary N) is 1. The van der Waals surface area contributed by atoms with Gasteiger partial charge in [0.25, 0.3) is 5.91 Å². The number of carbonyl (C=O) groups is 2. The number of nitrogens with one attached hydrogen (secondary N) is 2. The molecule has 0 fully saturated rings. The Bertz CT molecular complexity index is 959. The van der Waals surface area contributed by atoms with Crippen molar-refractivity contribution in [2.75, 3.05) is 5.32 Å². The van der Waals surface area contributed by atoms with Gasteiger partial charge < -0.3 is 16.0 Å². The highest BCUT2D eigenvalue weighted by molar-refractivity contribution is 6.12. The second-order valence-corrected chi connectivity index (χ2v) is 4.99. The zero-order chi connectivity index (χ0) is 16.4. The van der Waals surface area contributed by atoms with Crippen LogP contribution in [0.2, 0.25) is 0 Å². The van der Waals surface area contributed by atoms with Gasteiger partial charge in [-0.2, -0.15) is 0 Å². The lowest BCUT2D eigenvalue weighted by Crippen LogP contribution is -2.17. The predicted molar refractivity (Wildman–Crippen MR) is 87.5 cm³/mol. The van der Waals surface area contributed by atoms with Crippen molar-refractivity contribution in [1.29, 1.82) is 0 Å². The summed E-state index contributed by atoms with van der Waals surface area (Å²) in [6, 6.07) is 14.5. The summed E-state index contributed by atoms with van der Waals surface area (Å²) in [7, 11) is 0. The quantitative estimate of drug-likeness (QED) is 0.688. The van der Waals surface area contributed by atoms with Gasteiger partial charge in [0.2, 0.25) is 11.5 Å². The van der Waals surface area contributed by atoms with Gasteiger partial charge in [-0.3, -0.25) is 14.4 Å². The number of rotatable bonds is 3. The molecule has 23 heavy (non-hydrogen) atoms. The number of anilines is 1. The third-order valence-corrected chi connectivity index (χ3v) is 3.42. The number of benzene rings is 2. The Morgan fingerprint density at radius 2 is 1.70 bits per heavy atom. The summed E-state index contributed by atoms with van der Waals surface area (Å²) in [5.74, 6) is -0.942. The second-order valence-electron chi connectivity index (χ2n) is 4.99. The molecule has 0 spiro atoms. The molecule has 2 amide bonds. The number of hydrogen-bond acceptors (Lipinski definition) is 3. The molecule has 0 saturated heterocycles. The van der Waals surface area contributed by atoms with Crippen molar-refractivity contribution in [1.82, 2.24) is 4.98 Å². The Hall–Kier alpha value is -3.41. The summed E-state index contributed by atoms with van der Waals surface area (Å²) in [6.45, 7) is 0. The molecule has 114 valence electrons. The topological polar surface area (TPSA) is 105 Å². The van der Waals surface area contributed by atoms with Gasteiger partial charge in [-0.05, 0) is 30.3 Å². The van der Waals surface area contributed by atoms with E-state index >= 15 is 0 Å². The van der Waals surface area contributed by atoms with Gasteiger partial charge in [-0.15, -0.1) is 0 Å². The molecule has 0 atom stereocenters. The molecule has 4 N–H and O–H groups in total. The van der Waals surface area contributed by atoms with Crippen molar-refractivity contribution in [3.05, 3.63) is 76.1 Å². The summed E-state index contributed by atoms with van der Waals surface area (Å²) in [6.07, 6.45) is 0. The standard InChI is InChI=1S/C17H13N3O3/c18-16(22)10-5-7-11(8-6-10)19-17(23)13-9-15(21)20-14-4-2-1-3-12(13)14/h1-9H,(H2,18,22)(H,19,23)(H,20,21). The first-order valence-corrected chi connectivity index (χ1v) is 6.88. The van der Waals surface area contributed by atoms with Crippen molar-refractivity contribution in [2.45, 2.75) is 0 Å². The maximum Gasteiger partial charge on any atom is 0.256 e. The van der Waals surface area contributed by atoms with Crippen LogP contribution in [0.15, 0.2) is 59.4 Å². The number of carbonyl (C=O) groups excluding carboxylic acids is 2. The van der Waals surface area contributed by atoms with E-state index in [9.17, 15) is 14.4 Å². The molecule has 0 unspecified atom stereocenters. The molecular formula is C17H13N3O3. The van der Waals surface area contributed by atoms with Crippen molar-refractivity contribution in [3.8, 4) is 0 Å². The van der Waals surface area contributed by atoms with Gasteiger partial charge >= 0.3 is 0 Å². The Balaban J connectivity index is 1.94. The average molecular weight is 307 g/mol. The molecule has 2 aromatic carbocycles. The highest BCUT2D eigenvalue weighted by Gasteiger charge is 2.12. The lowest BCUT2D eigenvalue weighted by molar-refractivity contribution is 0.0998. The van der Waals surface area contributed by atoms with Crippen molar-refractivity contribution in [3.63, 3.8) is 0 Å². The normalized spacial score (nSPS) is 10.4. The fourth-order valence-electron chi connectivity index (χ4n) is 2.31. The Morgan fingerprint density at radius 3 is 2.39 bits per heavy atom. The smallest absolute Gasteiger partial charge is 0.256 e. The maximum absolute atomic E-state index is 12.4. The van der Waals surface area contributed by atoms with Crippen molar-refractivity contribution >= 4 is 28.4 Å². The zero-order valence-corrected chi connectivity index (χ0v) is 12.0. The third kappa shape index (κ3) is 2.96. The number of primary amides is 1.